The molecule has 1 N–H and O–H groups in total. The van der Waals surface area contributed by atoms with Gasteiger partial charge in [-0.3, -0.25) is 19.2 Å². The molecule has 1 atom stereocenters. The van der Waals surface area contributed by atoms with Crippen molar-refractivity contribution in [2.24, 2.45) is 7.05 Å². The summed E-state index contributed by atoms with van der Waals surface area (Å²) in [7, 11) is 1.95. The van der Waals surface area contributed by atoms with Crippen LogP contribution in [-0.2, 0) is 23.2 Å². The number of nitrogens with one attached hydrogen (secondary N) is 1. The van der Waals surface area contributed by atoms with E-state index in [0.29, 0.717) is 13.1 Å². The number of piperazine rings is 2. The van der Waals surface area contributed by atoms with Gasteiger partial charge in [-0.2, -0.15) is 5.10 Å². The van der Waals surface area contributed by atoms with Crippen LogP contribution in [0.2, 0.25) is 0 Å². The van der Waals surface area contributed by atoms with Crippen LogP contribution in [0, 0.1) is 0 Å². The molecule has 25 heavy (non-hydrogen) atoms. The molecule has 2 aromatic rings. The zero-order chi connectivity index (χ0) is 17.4. The number of carbonyl (C=O) groups excluding carboxylic acids is 2. The minimum Gasteiger partial charge on any atom is -0.346 e. The molecule has 2 amide bonds. The topological polar surface area (TPSA) is 70.5 Å². The third kappa shape index (κ3) is 2.91. The Balaban J connectivity index is 1.52. The Morgan fingerprint density at radius 1 is 1.20 bits per heavy atom. The first kappa shape index (κ1) is 15.8. The van der Waals surface area contributed by atoms with Gasteiger partial charge in [-0.25, -0.2) is 0 Å². The summed E-state index contributed by atoms with van der Waals surface area (Å²) in [5, 5.41) is 6.96. The minimum atomic E-state index is -0.480. The number of benzene rings is 1. The predicted octanol–water partition coefficient (Wildman–Crippen LogP) is 0.230. The van der Waals surface area contributed by atoms with Crippen molar-refractivity contribution in [1.29, 1.82) is 0 Å². The number of hydrogen-bond acceptors (Lipinski definition) is 4. The zero-order valence-corrected chi connectivity index (χ0v) is 14.2. The van der Waals surface area contributed by atoms with E-state index >= 15 is 0 Å². The van der Waals surface area contributed by atoms with E-state index in [1.54, 1.807) is 11.1 Å². The van der Waals surface area contributed by atoms with Crippen molar-refractivity contribution in [3.05, 3.63) is 42.1 Å². The Kier molecular flexibility index (Phi) is 4.01. The molecular formula is C18H21N5O2. The number of hydrogen-bond donors (Lipinski definition) is 1. The molecule has 0 unspecified atom stereocenters. The summed E-state index contributed by atoms with van der Waals surface area (Å²) in [6, 6.07) is 10.4. The molecule has 2 fully saturated rings. The first-order valence-corrected chi connectivity index (χ1v) is 8.51. The highest BCUT2D eigenvalue weighted by Gasteiger charge is 2.37. The van der Waals surface area contributed by atoms with Crippen LogP contribution in [-0.4, -0.2) is 63.6 Å². The van der Waals surface area contributed by atoms with Crippen LogP contribution < -0.4 is 5.32 Å². The van der Waals surface area contributed by atoms with Crippen LogP contribution in [0.4, 0.5) is 0 Å². The number of rotatable bonds is 3. The van der Waals surface area contributed by atoms with E-state index in [2.05, 4.69) is 33.5 Å². The van der Waals surface area contributed by atoms with Gasteiger partial charge in [0.15, 0.2) is 0 Å². The lowest BCUT2D eigenvalue weighted by Gasteiger charge is -2.43. The molecule has 3 heterocycles. The fraction of sp³-hybridized carbons (Fsp3) is 0.389. The van der Waals surface area contributed by atoms with Gasteiger partial charge in [-0.1, -0.05) is 24.3 Å². The lowest BCUT2D eigenvalue weighted by molar-refractivity contribution is -0.152. The van der Waals surface area contributed by atoms with Gasteiger partial charge in [0.1, 0.15) is 0 Å². The second-order valence-corrected chi connectivity index (χ2v) is 6.59. The average Bonchev–Trinajstić information content (AvgIpc) is 3.05. The Hall–Kier alpha value is -2.67. The predicted molar refractivity (Wildman–Crippen MR) is 92.4 cm³/mol. The third-order valence-corrected chi connectivity index (χ3v) is 5.03. The van der Waals surface area contributed by atoms with E-state index in [4.69, 9.17) is 0 Å². The van der Waals surface area contributed by atoms with Crippen LogP contribution in [0.15, 0.2) is 36.5 Å². The van der Waals surface area contributed by atoms with Crippen LogP contribution in [0.3, 0.4) is 0 Å². The summed E-state index contributed by atoms with van der Waals surface area (Å²) in [6.07, 6.45) is 1.81. The molecule has 1 aromatic heterocycles. The van der Waals surface area contributed by atoms with E-state index in [-0.39, 0.29) is 6.04 Å². The molecule has 0 saturated carbocycles. The number of nitrogens with zero attached hydrogens (tertiary/aromatic N) is 4. The van der Waals surface area contributed by atoms with Gasteiger partial charge in [0.05, 0.1) is 11.7 Å². The fourth-order valence-corrected chi connectivity index (χ4v) is 3.71. The lowest BCUT2D eigenvalue weighted by Crippen LogP contribution is -2.65. The highest BCUT2D eigenvalue weighted by Crippen LogP contribution is 2.25. The molecule has 2 saturated heterocycles. The molecule has 130 valence electrons. The maximum Gasteiger partial charge on any atom is 0.312 e. The molecule has 2 aliphatic heterocycles. The van der Waals surface area contributed by atoms with E-state index in [1.165, 1.54) is 11.1 Å². The summed E-state index contributed by atoms with van der Waals surface area (Å²) in [4.78, 5) is 27.5. The van der Waals surface area contributed by atoms with E-state index < -0.39 is 11.8 Å². The van der Waals surface area contributed by atoms with Crippen molar-refractivity contribution in [1.82, 2.24) is 24.9 Å². The molecular weight excluding hydrogens is 318 g/mol. The number of aromatic nitrogens is 2. The molecule has 7 nitrogen and oxygen atoms in total. The van der Waals surface area contributed by atoms with Crippen molar-refractivity contribution in [3.63, 3.8) is 0 Å². The van der Waals surface area contributed by atoms with Crippen LogP contribution in [0.5, 0.6) is 0 Å². The van der Waals surface area contributed by atoms with Gasteiger partial charge in [-0.15, -0.1) is 0 Å². The molecule has 0 radical (unpaired) electrons. The monoisotopic (exact) mass is 339 g/mol. The van der Waals surface area contributed by atoms with Gasteiger partial charge in [0.2, 0.25) is 0 Å². The number of aryl methyl sites for hydroxylation is 1. The zero-order valence-electron chi connectivity index (χ0n) is 14.2. The summed E-state index contributed by atoms with van der Waals surface area (Å²) >= 11 is 0. The largest absolute Gasteiger partial charge is 0.346 e. The molecule has 7 heteroatoms. The summed E-state index contributed by atoms with van der Waals surface area (Å²) in [5.41, 5.74) is 3.51. The maximum absolute atomic E-state index is 12.0. The summed E-state index contributed by atoms with van der Waals surface area (Å²) < 4.78 is 1.88. The van der Waals surface area contributed by atoms with Gasteiger partial charge in [-0.05, 0) is 11.6 Å². The SMILES string of the molecule is Cn1nccc1-c1ccccc1CN1CCN2C(=O)C(=O)NC[C@H]2C1. The smallest absolute Gasteiger partial charge is 0.312 e. The highest BCUT2D eigenvalue weighted by atomic mass is 16.2. The highest BCUT2D eigenvalue weighted by molar-refractivity contribution is 6.35. The summed E-state index contributed by atoms with van der Waals surface area (Å²) in [6.45, 7) is 3.49. The standard InChI is InChI=1S/C18H21N5O2/c1-21-16(6-7-20-21)15-5-3-2-4-13(15)11-22-8-9-23-14(12-22)10-19-17(24)18(23)25/h2-7,14H,8-12H2,1H3,(H,19,24)/t14-/m0/s1. The molecule has 0 aliphatic carbocycles. The minimum absolute atomic E-state index is 0.0582. The number of carbonyl (C=O) groups is 2. The van der Waals surface area contributed by atoms with Gasteiger partial charge >= 0.3 is 11.8 Å². The Labute approximate surface area is 146 Å². The fourth-order valence-electron chi connectivity index (χ4n) is 3.71. The maximum atomic E-state index is 12.0. The quantitative estimate of drug-likeness (QED) is 0.813. The van der Waals surface area contributed by atoms with Crippen molar-refractivity contribution in [2.75, 3.05) is 26.2 Å². The van der Waals surface area contributed by atoms with E-state index in [1.807, 2.05) is 23.9 Å². The molecule has 1 aromatic carbocycles. The molecule has 2 aliphatic rings. The van der Waals surface area contributed by atoms with Crippen molar-refractivity contribution < 1.29 is 9.59 Å². The van der Waals surface area contributed by atoms with Crippen molar-refractivity contribution in [3.8, 4) is 11.3 Å². The van der Waals surface area contributed by atoms with Crippen molar-refractivity contribution in [2.45, 2.75) is 12.6 Å². The van der Waals surface area contributed by atoms with Gasteiger partial charge in [0, 0.05) is 51.5 Å². The lowest BCUT2D eigenvalue weighted by atomic mass is 10.0. The molecule has 0 bridgehead atoms. The van der Waals surface area contributed by atoms with Gasteiger partial charge in [0.25, 0.3) is 0 Å². The van der Waals surface area contributed by atoms with E-state index in [0.717, 1.165) is 25.3 Å². The Morgan fingerprint density at radius 2 is 2.04 bits per heavy atom. The van der Waals surface area contributed by atoms with Gasteiger partial charge < -0.3 is 10.2 Å². The average molecular weight is 339 g/mol. The second kappa shape index (κ2) is 6.33. The Morgan fingerprint density at radius 3 is 2.84 bits per heavy atom. The first-order valence-electron chi connectivity index (χ1n) is 8.51. The van der Waals surface area contributed by atoms with Crippen LogP contribution in [0.25, 0.3) is 11.3 Å². The third-order valence-electron chi connectivity index (χ3n) is 5.03. The van der Waals surface area contributed by atoms with Crippen molar-refractivity contribution >= 4 is 11.8 Å². The second-order valence-electron chi connectivity index (χ2n) is 6.59. The molecule has 4 rings (SSSR count). The van der Waals surface area contributed by atoms with E-state index in [9.17, 15) is 9.59 Å². The summed E-state index contributed by atoms with van der Waals surface area (Å²) in [5.74, 6) is -0.877. The normalized spacial score (nSPS) is 21.2. The first-order chi connectivity index (χ1) is 12.1. The Bertz CT molecular complexity index is 815. The number of amides is 2. The van der Waals surface area contributed by atoms with Crippen LogP contribution >= 0.6 is 0 Å². The number of fused-ring (bicyclic) bond motifs is 1. The molecule has 0 spiro atoms. The van der Waals surface area contributed by atoms with Crippen LogP contribution in [0.1, 0.15) is 5.56 Å².